The van der Waals surface area contributed by atoms with E-state index in [1.807, 2.05) is 0 Å². The fourth-order valence-corrected chi connectivity index (χ4v) is 2.45. The molecule has 0 fully saturated rings. The molecule has 7 atom stereocenters. The van der Waals surface area contributed by atoms with Crippen molar-refractivity contribution >= 4 is 10.1 Å². The first-order chi connectivity index (χ1) is 14.3. The quantitative estimate of drug-likeness (QED) is 0.201. The zero-order valence-corrected chi connectivity index (χ0v) is 18.5. The van der Waals surface area contributed by atoms with E-state index in [4.69, 9.17) is 0 Å². The van der Waals surface area contributed by atoms with Crippen LogP contribution in [0.3, 0.4) is 0 Å². The van der Waals surface area contributed by atoms with Crippen LogP contribution in [-0.4, -0.2) is 85.6 Å². The molecule has 22 heteroatoms. The number of halogens is 17. The summed E-state index contributed by atoms with van der Waals surface area (Å²) in [6, 6.07) is 0. The van der Waals surface area contributed by atoms with Gasteiger partial charge in [-0.2, -0.15) is 35.1 Å². The third-order valence-corrected chi connectivity index (χ3v) is 4.66. The molecule has 0 aliphatic heterocycles. The molecule has 0 aromatic rings. The Balaban J connectivity index is 0. The van der Waals surface area contributed by atoms with Gasteiger partial charge in [-0.25, -0.2) is 47.9 Å². The van der Waals surface area contributed by atoms with E-state index in [9.17, 15) is 87.6 Å². The molecule has 0 N–H and O–H groups in total. The summed E-state index contributed by atoms with van der Waals surface area (Å²) in [6.07, 6.45) is -33.9. The SMILES string of the molecule is O=S(=O)([O-])C(F)C(F)(F)C(F)(F)C(F)(F)C(F)(F)C(F)C(F)C(F)C(F)C(F)C(F)C(F)F.[Na+]. The first-order valence-electron chi connectivity index (χ1n) is 7.54. The van der Waals surface area contributed by atoms with Gasteiger partial charge in [-0.3, -0.25) is 0 Å². The Labute approximate surface area is 200 Å². The average Bonchev–Trinajstić information content (AvgIpc) is 2.68. The molecule has 0 aliphatic rings. The van der Waals surface area contributed by atoms with Crippen molar-refractivity contribution in [2.24, 2.45) is 0 Å². The van der Waals surface area contributed by atoms with Crippen LogP contribution in [0.5, 0.6) is 0 Å². The Bertz CT molecular complexity index is 765. The largest absolute Gasteiger partial charge is 1.00 e. The molecule has 0 radical (unpaired) electrons. The van der Waals surface area contributed by atoms with Crippen LogP contribution >= 0.6 is 0 Å². The first-order valence-corrected chi connectivity index (χ1v) is 9.01. The summed E-state index contributed by atoms with van der Waals surface area (Å²) in [7, 11) is -7.28. The molecule has 0 aromatic heterocycles. The predicted octanol–water partition coefficient (Wildman–Crippen LogP) is 1.67. The second-order valence-electron chi connectivity index (χ2n) is 6.16. The first kappa shape index (κ1) is 35.9. The second kappa shape index (κ2) is 11.4. The Morgan fingerprint density at radius 2 is 0.824 bits per heavy atom. The molecule has 200 valence electrons. The molecule has 0 heterocycles. The summed E-state index contributed by atoms with van der Waals surface area (Å²) in [5.74, 6) is -31.3. The maximum Gasteiger partial charge on any atom is 1.00 e. The molecule has 34 heavy (non-hydrogen) atoms. The maximum absolute atomic E-state index is 13.4. The molecular weight excluding hydrogens is 570 g/mol. The topological polar surface area (TPSA) is 57.2 Å². The van der Waals surface area contributed by atoms with Crippen LogP contribution in [0.2, 0.25) is 0 Å². The van der Waals surface area contributed by atoms with Crippen LogP contribution in [0.25, 0.3) is 0 Å². The van der Waals surface area contributed by atoms with E-state index in [0.717, 1.165) is 0 Å². The van der Waals surface area contributed by atoms with E-state index in [2.05, 4.69) is 0 Å². The van der Waals surface area contributed by atoms with Crippen molar-refractivity contribution < 1.29 is 117 Å². The van der Waals surface area contributed by atoms with Crippen molar-refractivity contribution in [3.05, 3.63) is 0 Å². The van der Waals surface area contributed by atoms with Gasteiger partial charge < -0.3 is 4.55 Å². The van der Waals surface area contributed by atoms with Gasteiger partial charge in [0.15, 0.2) is 30.9 Å². The number of hydrogen-bond acceptors (Lipinski definition) is 3. The predicted molar refractivity (Wildman–Crippen MR) is 69.8 cm³/mol. The van der Waals surface area contributed by atoms with E-state index < -0.39 is 82.8 Å². The van der Waals surface area contributed by atoms with Crippen molar-refractivity contribution in [2.45, 2.75) is 72.6 Å². The Hall–Kier alpha value is -0.280. The molecule has 7 unspecified atom stereocenters. The Morgan fingerprint density at radius 1 is 0.529 bits per heavy atom. The van der Waals surface area contributed by atoms with Crippen molar-refractivity contribution in [1.82, 2.24) is 0 Å². The number of rotatable bonds is 12. The van der Waals surface area contributed by atoms with Crippen LogP contribution in [-0.2, 0) is 10.1 Å². The minimum absolute atomic E-state index is 0. The molecule has 0 bridgehead atoms. The van der Waals surface area contributed by atoms with Gasteiger partial charge in [0, 0.05) is 0 Å². The summed E-state index contributed by atoms with van der Waals surface area (Å²) in [6.45, 7) is 0. The minimum Gasteiger partial charge on any atom is -0.746 e. The zero-order valence-electron chi connectivity index (χ0n) is 15.7. The van der Waals surface area contributed by atoms with Crippen LogP contribution < -0.4 is 29.6 Å². The molecule has 0 aromatic carbocycles. The molecule has 0 amide bonds. The summed E-state index contributed by atoms with van der Waals surface area (Å²) >= 11 is 0. The molecular formula is C12H8F17NaO3S. The summed E-state index contributed by atoms with van der Waals surface area (Å²) in [4.78, 5) is 0. The van der Waals surface area contributed by atoms with Gasteiger partial charge in [-0.1, -0.05) is 0 Å². The second-order valence-corrected chi connectivity index (χ2v) is 7.56. The van der Waals surface area contributed by atoms with Crippen molar-refractivity contribution in [2.75, 3.05) is 0 Å². The summed E-state index contributed by atoms with van der Waals surface area (Å²) in [5.41, 5.74) is -5.87. The minimum atomic E-state index is -8.07. The Morgan fingerprint density at radius 3 is 1.15 bits per heavy atom. The third-order valence-electron chi connectivity index (χ3n) is 3.85. The smallest absolute Gasteiger partial charge is 0.746 e. The van der Waals surface area contributed by atoms with E-state index >= 15 is 0 Å². The molecule has 0 saturated carbocycles. The van der Waals surface area contributed by atoms with Gasteiger partial charge in [0.2, 0.25) is 6.17 Å². The molecule has 0 aliphatic carbocycles. The van der Waals surface area contributed by atoms with Gasteiger partial charge in [-0.05, 0) is 0 Å². The average molecular weight is 578 g/mol. The Kier molecular flexibility index (Phi) is 12.0. The van der Waals surface area contributed by atoms with Gasteiger partial charge in [0.1, 0.15) is 10.1 Å². The fourth-order valence-electron chi connectivity index (χ4n) is 1.94. The number of hydrogen-bond donors (Lipinski definition) is 0. The summed E-state index contributed by atoms with van der Waals surface area (Å²) in [5, 5.41) is 0. The van der Waals surface area contributed by atoms with Crippen LogP contribution in [0.15, 0.2) is 0 Å². The maximum atomic E-state index is 13.4. The standard InChI is InChI=1S/C12H9F17O3S.Na/c13-1(3(15)5(17)7(19)20)2(14)4(16)6(18)9(22,23)11(26,27)12(28,29)10(24,25)8(21)33(30,31)32;/h1-8H,(H,30,31,32);/q;+1/p-1. The number of alkyl halides is 17. The van der Waals surface area contributed by atoms with Gasteiger partial charge in [0.25, 0.3) is 11.9 Å². The van der Waals surface area contributed by atoms with E-state index in [-0.39, 0.29) is 29.6 Å². The van der Waals surface area contributed by atoms with Crippen molar-refractivity contribution in [3.63, 3.8) is 0 Å². The monoisotopic (exact) mass is 578 g/mol. The summed E-state index contributed by atoms with van der Waals surface area (Å²) < 4.78 is 252. The van der Waals surface area contributed by atoms with E-state index in [0.29, 0.717) is 0 Å². The van der Waals surface area contributed by atoms with E-state index in [1.54, 1.807) is 0 Å². The van der Waals surface area contributed by atoms with Crippen molar-refractivity contribution in [3.8, 4) is 0 Å². The van der Waals surface area contributed by atoms with Crippen LogP contribution in [0, 0.1) is 0 Å². The van der Waals surface area contributed by atoms with Gasteiger partial charge in [-0.15, -0.1) is 0 Å². The fraction of sp³-hybridized carbons (Fsp3) is 1.00. The molecule has 0 rings (SSSR count). The van der Waals surface area contributed by atoms with Crippen molar-refractivity contribution in [1.29, 1.82) is 0 Å². The van der Waals surface area contributed by atoms with Gasteiger partial charge in [0.05, 0.1) is 0 Å². The third kappa shape index (κ3) is 6.34. The molecule has 0 spiro atoms. The molecule has 3 nitrogen and oxygen atoms in total. The normalized spacial score (nSPS) is 20.7. The van der Waals surface area contributed by atoms with Crippen LogP contribution in [0.4, 0.5) is 74.6 Å². The zero-order chi connectivity index (χ0) is 27.1. The van der Waals surface area contributed by atoms with E-state index in [1.165, 1.54) is 0 Å². The van der Waals surface area contributed by atoms with Crippen LogP contribution in [0.1, 0.15) is 0 Å². The molecule has 0 saturated heterocycles. The van der Waals surface area contributed by atoms with Gasteiger partial charge >= 0.3 is 53.2 Å².